The van der Waals surface area contributed by atoms with E-state index >= 15 is 0 Å². The number of nitro groups is 1. The average Bonchev–Trinajstić information content (AvgIpc) is 2.54. The van der Waals surface area contributed by atoms with Gasteiger partial charge in [0.1, 0.15) is 5.02 Å². The van der Waals surface area contributed by atoms with Crippen LogP contribution in [0.2, 0.25) is 5.02 Å². The monoisotopic (exact) mass is 382 g/mol. The van der Waals surface area contributed by atoms with Gasteiger partial charge in [0.15, 0.2) is 0 Å². The molecule has 0 amide bonds. The van der Waals surface area contributed by atoms with Gasteiger partial charge in [-0.1, -0.05) is 23.7 Å². The Morgan fingerprint density at radius 3 is 2.40 bits per heavy atom. The third-order valence-corrected chi connectivity index (χ3v) is 4.72. The lowest BCUT2D eigenvalue weighted by atomic mass is 10.2. The minimum absolute atomic E-state index is 0.00838. The number of carboxylic acids is 1. The fourth-order valence-corrected chi connectivity index (χ4v) is 3.09. The smallest absolute Gasteiger partial charge is 0.328 e. The van der Waals surface area contributed by atoms with Crippen molar-refractivity contribution in [2.24, 2.45) is 0 Å². The topological polar surface area (TPSA) is 127 Å². The molecule has 8 nitrogen and oxygen atoms in total. The Bertz CT molecular complexity index is 954. The van der Waals surface area contributed by atoms with Gasteiger partial charge >= 0.3 is 5.97 Å². The minimum Gasteiger partial charge on any atom is -0.478 e. The van der Waals surface area contributed by atoms with Crippen LogP contribution in [0.3, 0.4) is 0 Å². The molecule has 0 fully saturated rings. The number of nitrogens with one attached hydrogen (secondary N) is 1. The van der Waals surface area contributed by atoms with Crippen LogP contribution >= 0.6 is 11.6 Å². The average molecular weight is 383 g/mol. The molecule has 0 heterocycles. The van der Waals surface area contributed by atoms with Crippen molar-refractivity contribution in [3.05, 3.63) is 69.2 Å². The zero-order valence-corrected chi connectivity index (χ0v) is 14.0. The molecule has 0 radical (unpaired) electrons. The van der Waals surface area contributed by atoms with Gasteiger partial charge in [0.05, 0.1) is 15.5 Å². The number of hydrogen-bond donors (Lipinski definition) is 2. The summed E-state index contributed by atoms with van der Waals surface area (Å²) in [7, 11) is -3.97. The van der Waals surface area contributed by atoms with Crippen LogP contribution in [0.5, 0.6) is 0 Å². The lowest BCUT2D eigenvalue weighted by molar-refractivity contribution is -0.384. The van der Waals surface area contributed by atoms with Gasteiger partial charge in [0, 0.05) is 12.1 Å². The predicted octanol–water partition coefficient (Wildman–Crippen LogP) is 3.15. The maximum Gasteiger partial charge on any atom is 0.328 e. The molecule has 0 aliphatic carbocycles. The summed E-state index contributed by atoms with van der Waals surface area (Å²) in [5, 5.41) is 19.3. The van der Waals surface area contributed by atoms with Crippen LogP contribution in [-0.2, 0) is 14.8 Å². The zero-order chi connectivity index (χ0) is 18.6. The highest BCUT2D eigenvalue weighted by Crippen LogP contribution is 2.28. The number of carbonyl (C=O) groups is 1. The molecule has 0 aliphatic heterocycles. The quantitative estimate of drug-likeness (QED) is 0.449. The van der Waals surface area contributed by atoms with E-state index in [0.29, 0.717) is 5.56 Å². The van der Waals surface area contributed by atoms with Crippen LogP contribution in [0.25, 0.3) is 6.08 Å². The number of sulfonamides is 1. The first kappa shape index (κ1) is 18.4. The van der Waals surface area contributed by atoms with Crippen molar-refractivity contribution in [2.75, 3.05) is 4.72 Å². The van der Waals surface area contributed by atoms with E-state index in [2.05, 4.69) is 4.72 Å². The molecule has 0 atom stereocenters. The number of hydrogen-bond acceptors (Lipinski definition) is 5. The Morgan fingerprint density at radius 1 is 1.20 bits per heavy atom. The van der Waals surface area contributed by atoms with Gasteiger partial charge in [-0.2, -0.15) is 0 Å². The third-order valence-electron chi connectivity index (χ3n) is 3.00. The molecule has 0 aromatic heterocycles. The van der Waals surface area contributed by atoms with Crippen molar-refractivity contribution < 1.29 is 23.2 Å². The number of halogens is 1. The van der Waals surface area contributed by atoms with Crippen LogP contribution in [0.1, 0.15) is 5.56 Å². The van der Waals surface area contributed by atoms with Crippen LogP contribution in [0, 0.1) is 10.1 Å². The summed E-state index contributed by atoms with van der Waals surface area (Å²) >= 11 is 5.68. The number of nitrogens with zero attached hydrogens (tertiary/aromatic N) is 1. The summed E-state index contributed by atoms with van der Waals surface area (Å²) in [4.78, 5) is 20.5. The SMILES string of the molecule is O=C(O)C=Cc1ccc(S(=O)(=O)Nc2ccc(Cl)c([N+](=O)[O-])c2)cc1. The van der Waals surface area contributed by atoms with Crippen molar-refractivity contribution in [3.8, 4) is 0 Å². The Morgan fingerprint density at radius 2 is 1.84 bits per heavy atom. The molecule has 0 saturated heterocycles. The zero-order valence-electron chi connectivity index (χ0n) is 12.4. The number of rotatable bonds is 6. The molecule has 0 spiro atoms. The fourth-order valence-electron chi connectivity index (χ4n) is 1.86. The highest BCUT2D eigenvalue weighted by Gasteiger charge is 2.18. The Hall–Kier alpha value is -2.91. The maximum atomic E-state index is 12.3. The van der Waals surface area contributed by atoms with E-state index in [-0.39, 0.29) is 15.6 Å². The second-order valence-electron chi connectivity index (χ2n) is 4.77. The van der Waals surface area contributed by atoms with Crippen molar-refractivity contribution in [1.29, 1.82) is 0 Å². The van der Waals surface area contributed by atoms with Crippen LogP contribution < -0.4 is 4.72 Å². The largest absolute Gasteiger partial charge is 0.478 e. The normalized spacial score (nSPS) is 11.4. The highest BCUT2D eigenvalue weighted by atomic mass is 35.5. The van der Waals surface area contributed by atoms with Gasteiger partial charge in [-0.05, 0) is 35.9 Å². The maximum absolute atomic E-state index is 12.3. The van der Waals surface area contributed by atoms with Crippen LogP contribution in [0.15, 0.2) is 53.4 Å². The second kappa shape index (κ2) is 7.32. The van der Waals surface area contributed by atoms with E-state index in [1.165, 1.54) is 42.5 Å². The molecule has 2 N–H and O–H groups in total. The molecule has 130 valence electrons. The first-order valence-corrected chi connectivity index (χ1v) is 8.53. The van der Waals surface area contributed by atoms with Gasteiger partial charge < -0.3 is 5.11 Å². The molecule has 2 aromatic rings. The van der Waals surface area contributed by atoms with E-state index in [9.17, 15) is 23.3 Å². The van der Waals surface area contributed by atoms with Gasteiger partial charge in [-0.25, -0.2) is 13.2 Å². The Labute approximate surface area is 147 Å². The third kappa shape index (κ3) is 4.78. The lowest BCUT2D eigenvalue weighted by Gasteiger charge is -2.08. The molecular weight excluding hydrogens is 372 g/mol. The van der Waals surface area contributed by atoms with Crippen molar-refractivity contribution in [1.82, 2.24) is 0 Å². The molecule has 2 rings (SSSR count). The summed E-state index contributed by atoms with van der Waals surface area (Å²) in [5.41, 5.74) is 0.0745. The van der Waals surface area contributed by atoms with Crippen molar-refractivity contribution in [2.45, 2.75) is 4.90 Å². The molecule has 0 saturated carbocycles. The summed E-state index contributed by atoms with van der Waals surface area (Å²) in [6.07, 6.45) is 2.24. The van der Waals surface area contributed by atoms with E-state index < -0.39 is 26.6 Å². The molecular formula is C15H11ClN2O6S. The predicted molar refractivity (Wildman–Crippen MR) is 92.0 cm³/mol. The first-order chi connectivity index (χ1) is 11.7. The Kier molecular flexibility index (Phi) is 5.40. The van der Waals surface area contributed by atoms with Gasteiger partial charge in [-0.15, -0.1) is 0 Å². The first-order valence-electron chi connectivity index (χ1n) is 6.67. The highest BCUT2D eigenvalue weighted by molar-refractivity contribution is 7.92. The molecule has 25 heavy (non-hydrogen) atoms. The van der Waals surface area contributed by atoms with Crippen molar-refractivity contribution in [3.63, 3.8) is 0 Å². The number of anilines is 1. The number of carboxylic acid groups (broad SMARTS) is 1. The van der Waals surface area contributed by atoms with Crippen LogP contribution in [-0.4, -0.2) is 24.4 Å². The van der Waals surface area contributed by atoms with E-state index in [1.807, 2.05) is 0 Å². The fraction of sp³-hybridized carbons (Fsp3) is 0. The van der Waals surface area contributed by atoms with Gasteiger partial charge in [-0.3, -0.25) is 14.8 Å². The number of benzene rings is 2. The Balaban J connectivity index is 2.26. The second-order valence-corrected chi connectivity index (χ2v) is 6.86. The standard InChI is InChI=1S/C15H11ClN2O6S/c16-13-7-4-11(9-14(13)18(21)22)17-25(23,24)12-5-1-10(2-6-12)3-8-15(19)20/h1-9,17H,(H,19,20). The summed E-state index contributed by atoms with van der Waals surface area (Å²) in [5.74, 6) is -1.12. The van der Waals surface area contributed by atoms with Gasteiger partial charge in [0.25, 0.3) is 15.7 Å². The minimum atomic E-state index is -3.97. The van der Waals surface area contributed by atoms with Crippen LogP contribution in [0.4, 0.5) is 11.4 Å². The van der Waals surface area contributed by atoms with E-state index in [4.69, 9.17) is 16.7 Å². The summed E-state index contributed by atoms with van der Waals surface area (Å²) < 4.78 is 26.9. The molecule has 0 bridgehead atoms. The molecule has 0 unspecified atom stereocenters. The molecule has 2 aromatic carbocycles. The van der Waals surface area contributed by atoms with Gasteiger partial charge in [0.2, 0.25) is 0 Å². The summed E-state index contributed by atoms with van der Waals surface area (Å²) in [6.45, 7) is 0. The summed E-state index contributed by atoms with van der Waals surface area (Å²) in [6, 6.07) is 8.97. The molecule has 0 aliphatic rings. The van der Waals surface area contributed by atoms with E-state index in [1.54, 1.807) is 0 Å². The number of aliphatic carboxylic acids is 1. The molecule has 10 heteroatoms. The van der Waals surface area contributed by atoms with E-state index in [0.717, 1.165) is 12.1 Å². The van der Waals surface area contributed by atoms with Crippen molar-refractivity contribution >= 4 is 45.0 Å². The number of nitro benzene ring substituents is 1. The lowest BCUT2D eigenvalue weighted by Crippen LogP contribution is -2.13.